The fourth-order valence-corrected chi connectivity index (χ4v) is 1.56. The summed E-state index contributed by atoms with van der Waals surface area (Å²) in [7, 11) is 1.10. The third-order valence-electron chi connectivity index (χ3n) is 2.54. The van der Waals surface area contributed by atoms with Gasteiger partial charge in [-0.1, -0.05) is 6.07 Å². The van der Waals surface area contributed by atoms with Crippen molar-refractivity contribution in [1.29, 1.82) is 0 Å². The van der Waals surface area contributed by atoms with E-state index in [2.05, 4.69) is 4.74 Å². The minimum Gasteiger partial charge on any atom is -0.493 e. The number of esters is 1. The molecule has 0 aliphatic rings. The highest BCUT2D eigenvalue weighted by Crippen LogP contribution is 2.24. The molecule has 0 aliphatic carbocycles. The Bertz CT molecular complexity index is 456. The van der Waals surface area contributed by atoms with Crippen LogP contribution in [0.25, 0.3) is 0 Å². The van der Waals surface area contributed by atoms with Crippen LogP contribution >= 0.6 is 0 Å². The number of hydrogen-bond donors (Lipinski definition) is 2. The number of rotatable bonds is 6. The second kappa shape index (κ2) is 6.86. The van der Waals surface area contributed by atoms with Gasteiger partial charge in [0.25, 0.3) is 0 Å². The van der Waals surface area contributed by atoms with Crippen LogP contribution in [0.4, 0.5) is 0 Å². The first-order valence-electron chi connectivity index (χ1n) is 5.71. The molecular formula is C13H16O6. The summed E-state index contributed by atoms with van der Waals surface area (Å²) in [5.74, 6) is -0.574. The molecule has 0 spiro atoms. The number of carbonyl (C=O) groups excluding carboxylic acids is 2. The van der Waals surface area contributed by atoms with Gasteiger partial charge in [-0.25, -0.2) is 4.79 Å². The van der Waals surface area contributed by atoms with Crippen LogP contribution in [-0.4, -0.2) is 42.3 Å². The van der Waals surface area contributed by atoms with Crippen LogP contribution in [0.3, 0.4) is 0 Å². The van der Waals surface area contributed by atoms with Crippen LogP contribution in [0.15, 0.2) is 18.2 Å². The standard InChI is InChI=1S/C13H16O6/c1-3-19-10-5-4-8(6-9(10)7-14)11(15)12(16)13(17)18-2/h4-7,11-12,15-16H,3H2,1-2H3. The maximum Gasteiger partial charge on any atom is 0.337 e. The number of benzene rings is 1. The van der Waals surface area contributed by atoms with Crippen LogP contribution in [0.2, 0.25) is 0 Å². The predicted molar refractivity (Wildman–Crippen MR) is 66.0 cm³/mol. The Kier molecular flexibility index (Phi) is 5.47. The molecule has 0 fully saturated rings. The molecule has 2 N–H and O–H groups in total. The number of aliphatic hydroxyl groups excluding tert-OH is 2. The second-order valence-electron chi connectivity index (χ2n) is 3.76. The van der Waals surface area contributed by atoms with Crippen molar-refractivity contribution < 1.29 is 29.3 Å². The van der Waals surface area contributed by atoms with Crippen molar-refractivity contribution in [1.82, 2.24) is 0 Å². The number of aliphatic hydroxyl groups is 2. The summed E-state index contributed by atoms with van der Waals surface area (Å²) in [6.45, 7) is 2.17. The second-order valence-corrected chi connectivity index (χ2v) is 3.76. The van der Waals surface area contributed by atoms with Crippen molar-refractivity contribution in [2.75, 3.05) is 13.7 Å². The number of carbonyl (C=O) groups is 2. The lowest BCUT2D eigenvalue weighted by molar-refractivity contribution is -0.156. The van der Waals surface area contributed by atoms with E-state index in [9.17, 15) is 19.8 Å². The fourth-order valence-electron chi connectivity index (χ4n) is 1.56. The summed E-state index contributed by atoms with van der Waals surface area (Å²) in [4.78, 5) is 22.0. The molecule has 6 nitrogen and oxygen atoms in total. The Hall–Kier alpha value is -1.92. The monoisotopic (exact) mass is 268 g/mol. The van der Waals surface area contributed by atoms with Gasteiger partial charge in [-0.2, -0.15) is 0 Å². The maximum absolute atomic E-state index is 11.1. The average Bonchev–Trinajstić information content (AvgIpc) is 2.45. The molecule has 0 radical (unpaired) electrons. The van der Waals surface area contributed by atoms with Crippen molar-refractivity contribution >= 4 is 12.3 Å². The SMILES string of the molecule is CCOc1ccc(C(O)C(O)C(=O)OC)cc1C=O. The van der Waals surface area contributed by atoms with Crippen molar-refractivity contribution in [3.05, 3.63) is 29.3 Å². The molecule has 0 bridgehead atoms. The Balaban J connectivity index is 3.01. The van der Waals surface area contributed by atoms with Gasteiger partial charge in [-0.15, -0.1) is 0 Å². The van der Waals surface area contributed by atoms with E-state index in [1.165, 1.54) is 18.2 Å². The van der Waals surface area contributed by atoms with E-state index in [4.69, 9.17) is 4.74 Å². The number of hydrogen-bond acceptors (Lipinski definition) is 6. The van der Waals surface area contributed by atoms with Crippen molar-refractivity contribution in [2.24, 2.45) is 0 Å². The zero-order chi connectivity index (χ0) is 14.4. The molecule has 0 heterocycles. The first-order chi connectivity index (χ1) is 9.04. The van der Waals surface area contributed by atoms with Crippen LogP contribution < -0.4 is 4.74 Å². The van der Waals surface area contributed by atoms with E-state index < -0.39 is 18.2 Å². The highest BCUT2D eigenvalue weighted by atomic mass is 16.5. The van der Waals surface area contributed by atoms with E-state index >= 15 is 0 Å². The summed E-state index contributed by atoms with van der Waals surface area (Å²) in [5.41, 5.74) is 0.457. The molecule has 1 aromatic carbocycles. The lowest BCUT2D eigenvalue weighted by atomic mass is 10.0. The third-order valence-corrected chi connectivity index (χ3v) is 2.54. The molecule has 2 unspecified atom stereocenters. The first-order valence-corrected chi connectivity index (χ1v) is 5.71. The van der Waals surface area contributed by atoms with Gasteiger partial charge < -0.3 is 19.7 Å². The van der Waals surface area contributed by atoms with Crippen LogP contribution in [0, 0.1) is 0 Å². The van der Waals surface area contributed by atoms with Crippen molar-refractivity contribution in [3.8, 4) is 5.75 Å². The van der Waals surface area contributed by atoms with Gasteiger partial charge in [0.1, 0.15) is 11.9 Å². The molecular weight excluding hydrogens is 252 g/mol. The topological polar surface area (TPSA) is 93.1 Å². The Morgan fingerprint density at radius 1 is 1.42 bits per heavy atom. The first kappa shape index (κ1) is 15.1. The van der Waals surface area contributed by atoms with Crippen LogP contribution in [-0.2, 0) is 9.53 Å². The Morgan fingerprint density at radius 3 is 2.63 bits per heavy atom. The van der Waals surface area contributed by atoms with Gasteiger partial charge in [-0.05, 0) is 24.6 Å². The average molecular weight is 268 g/mol. The molecule has 6 heteroatoms. The normalized spacial score (nSPS) is 13.5. The number of ether oxygens (including phenoxy) is 2. The molecule has 0 saturated carbocycles. The van der Waals surface area contributed by atoms with Gasteiger partial charge in [0.05, 0.1) is 19.3 Å². The van der Waals surface area contributed by atoms with Crippen LogP contribution in [0.5, 0.6) is 5.75 Å². The summed E-state index contributed by atoms with van der Waals surface area (Å²) in [5, 5.41) is 19.4. The molecule has 0 aliphatic heterocycles. The highest BCUT2D eigenvalue weighted by Gasteiger charge is 2.27. The van der Waals surface area contributed by atoms with Crippen molar-refractivity contribution in [3.63, 3.8) is 0 Å². The van der Waals surface area contributed by atoms with Gasteiger partial charge in [0, 0.05) is 0 Å². The van der Waals surface area contributed by atoms with Gasteiger partial charge in [0.15, 0.2) is 12.4 Å². The molecule has 104 valence electrons. The van der Waals surface area contributed by atoms with E-state index in [1.807, 2.05) is 0 Å². The maximum atomic E-state index is 11.1. The number of aldehydes is 1. The molecule has 0 aromatic heterocycles. The fraction of sp³-hybridized carbons (Fsp3) is 0.385. The lowest BCUT2D eigenvalue weighted by Crippen LogP contribution is -2.29. The predicted octanol–water partition coefficient (Wildman–Crippen LogP) is 0.465. The summed E-state index contributed by atoms with van der Waals surface area (Å²) >= 11 is 0. The number of methoxy groups -OCH3 is 1. The van der Waals surface area contributed by atoms with E-state index in [-0.39, 0.29) is 11.1 Å². The Morgan fingerprint density at radius 2 is 2.11 bits per heavy atom. The van der Waals surface area contributed by atoms with Gasteiger partial charge in [0.2, 0.25) is 0 Å². The molecule has 1 rings (SSSR count). The smallest absolute Gasteiger partial charge is 0.337 e. The molecule has 19 heavy (non-hydrogen) atoms. The zero-order valence-electron chi connectivity index (χ0n) is 10.7. The highest BCUT2D eigenvalue weighted by molar-refractivity contribution is 5.80. The Labute approximate surface area is 110 Å². The third kappa shape index (κ3) is 3.52. The van der Waals surface area contributed by atoms with E-state index in [0.29, 0.717) is 18.6 Å². The zero-order valence-corrected chi connectivity index (χ0v) is 10.7. The van der Waals surface area contributed by atoms with Gasteiger partial charge in [-0.3, -0.25) is 4.79 Å². The molecule has 2 atom stereocenters. The van der Waals surface area contributed by atoms with Crippen LogP contribution in [0.1, 0.15) is 28.9 Å². The minimum atomic E-state index is -1.71. The van der Waals surface area contributed by atoms with Crippen molar-refractivity contribution in [2.45, 2.75) is 19.1 Å². The summed E-state index contributed by atoms with van der Waals surface area (Å²) in [6.07, 6.45) is -2.60. The molecule has 0 amide bonds. The lowest BCUT2D eigenvalue weighted by Gasteiger charge is -2.17. The van der Waals surface area contributed by atoms with Gasteiger partial charge >= 0.3 is 5.97 Å². The minimum absolute atomic E-state index is 0.225. The summed E-state index contributed by atoms with van der Waals surface area (Å²) in [6, 6.07) is 4.32. The molecule has 0 saturated heterocycles. The van der Waals surface area contributed by atoms with E-state index in [0.717, 1.165) is 7.11 Å². The largest absolute Gasteiger partial charge is 0.493 e. The molecule has 1 aromatic rings. The van der Waals surface area contributed by atoms with E-state index in [1.54, 1.807) is 6.92 Å². The quantitative estimate of drug-likeness (QED) is 0.575. The summed E-state index contributed by atoms with van der Waals surface area (Å²) < 4.78 is 9.56.